The van der Waals surface area contributed by atoms with Crippen LogP contribution in [0.25, 0.3) is 10.9 Å². The van der Waals surface area contributed by atoms with Crippen molar-refractivity contribution in [2.45, 2.75) is 0 Å². The fraction of sp³-hybridized carbons (Fsp3) is 0.273. The molecule has 1 aliphatic heterocycles. The minimum atomic E-state index is 0.0634. The molecule has 27 heavy (non-hydrogen) atoms. The van der Waals surface area contributed by atoms with E-state index < -0.39 is 0 Å². The Morgan fingerprint density at radius 3 is 2.52 bits per heavy atom. The van der Waals surface area contributed by atoms with Crippen LogP contribution in [0.5, 0.6) is 5.75 Å². The number of amides is 1. The summed E-state index contributed by atoms with van der Waals surface area (Å²) in [7, 11) is 0. The first-order chi connectivity index (χ1) is 13.3. The van der Waals surface area contributed by atoms with E-state index in [0.717, 1.165) is 49.4 Å². The number of rotatable bonds is 5. The van der Waals surface area contributed by atoms with Crippen molar-refractivity contribution in [1.82, 2.24) is 14.8 Å². The summed E-state index contributed by atoms with van der Waals surface area (Å²) in [6, 6.07) is 19.7. The zero-order chi connectivity index (χ0) is 18.5. The Kier molecular flexibility index (Phi) is 5.30. The van der Waals surface area contributed by atoms with Gasteiger partial charge in [-0.05, 0) is 24.3 Å². The van der Waals surface area contributed by atoms with Gasteiger partial charge in [-0.2, -0.15) is 0 Å². The first-order valence-electron chi connectivity index (χ1n) is 9.34. The van der Waals surface area contributed by atoms with Gasteiger partial charge < -0.3 is 9.64 Å². The summed E-state index contributed by atoms with van der Waals surface area (Å²) >= 11 is 0. The summed E-state index contributed by atoms with van der Waals surface area (Å²) in [5.74, 6) is 0.962. The molecule has 1 saturated heterocycles. The summed E-state index contributed by atoms with van der Waals surface area (Å²) < 4.78 is 5.76. The van der Waals surface area contributed by atoms with Crippen molar-refractivity contribution in [2.75, 3.05) is 39.3 Å². The molecule has 5 heteroatoms. The van der Waals surface area contributed by atoms with Crippen LogP contribution in [0.3, 0.4) is 0 Å². The molecule has 1 aliphatic rings. The smallest absolute Gasteiger partial charge is 0.255 e. The molecule has 3 aromatic rings. The first kappa shape index (κ1) is 17.5. The number of ether oxygens (including phenoxy) is 1. The third-order valence-electron chi connectivity index (χ3n) is 4.92. The first-order valence-corrected chi connectivity index (χ1v) is 9.34. The van der Waals surface area contributed by atoms with Crippen LogP contribution in [0.4, 0.5) is 0 Å². The van der Waals surface area contributed by atoms with E-state index in [1.165, 1.54) is 0 Å². The molecule has 1 amide bonds. The van der Waals surface area contributed by atoms with E-state index in [1.54, 1.807) is 6.20 Å². The largest absolute Gasteiger partial charge is 0.492 e. The number of aromatic nitrogens is 1. The lowest BCUT2D eigenvalue weighted by atomic mass is 10.1. The average molecular weight is 361 g/mol. The van der Waals surface area contributed by atoms with Gasteiger partial charge in [0.05, 0.1) is 11.1 Å². The normalized spacial score (nSPS) is 15.0. The molecule has 138 valence electrons. The van der Waals surface area contributed by atoms with Gasteiger partial charge in [0.15, 0.2) is 0 Å². The Balaban J connectivity index is 1.28. The maximum absolute atomic E-state index is 12.8. The molecule has 0 bridgehead atoms. The second kappa shape index (κ2) is 8.18. The van der Waals surface area contributed by atoms with Gasteiger partial charge in [0.25, 0.3) is 5.91 Å². The van der Waals surface area contributed by atoms with E-state index in [1.807, 2.05) is 65.6 Å². The van der Waals surface area contributed by atoms with Crippen molar-refractivity contribution in [3.8, 4) is 5.75 Å². The molecule has 0 saturated carbocycles. The quantitative estimate of drug-likeness (QED) is 0.701. The monoisotopic (exact) mass is 361 g/mol. The highest BCUT2D eigenvalue weighted by Gasteiger charge is 2.22. The SMILES string of the molecule is O=C(c1cnc2ccccc2c1)N1CCN(CCOc2ccccc2)CC1. The Bertz CT molecular complexity index is 906. The van der Waals surface area contributed by atoms with E-state index in [0.29, 0.717) is 12.2 Å². The van der Waals surface area contributed by atoms with Crippen molar-refractivity contribution in [1.29, 1.82) is 0 Å². The Labute approximate surface area is 159 Å². The summed E-state index contributed by atoms with van der Waals surface area (Å²) in [6.45, 7) is 4.73. The number of piperazine rings is 1. The van der Waals surface area contributed by atoms with Crippen molar-refractivity contribution in [3.05, 3.63) is 72.4 Å². The summed E-state index contributed by atoms with van der Waals surface area (Å²) in [4.78, 5) is 21.5. The van der Waals surface area contributed by atoms with Crippen molar-refractivity contribution in [2.24, 2.45) is 0 Å². The molecule has 0 atom stereocenters. The topological polar surface area (TPSA) is 45.7 Å². The van der Waals surface area contributed by atoms with Crippen LogP contribution in [0.15, 0.2) is 66.9 Å². The van der Waals surface area contributed by atoms with Crippen LogP contribution in [0.2, 0.25) is 0 Å². The minimum absolute atomic E-state index is 0.0634. The highest BCUT2D eigenvalue weighted by atomic mass is 16.5. The highest BCUT2D eigenvalue weighted by molar-refractivity contribution is 5.97. The molecule has 4 rings (SSSR count). The standard InChI is InChI=1S/C22H23N3O2/c26-22(19-16-18-6-4-5-9-21(18)23-17-19)25-12-10-24(11-13-25)14-15-27-20-7-2-1-3-8-20/h1-9,16-17H,10-15H2. The van der Waals surface area contributed by atoms with Gasteiger partial charge in [-0.15, -0.1) is 0 Å². The van der Waals surface area contributed by atoms with Crippen LogP contribution < -0.4 is 4.74 Å². The van der Waals surface area contributed by atoms with Gasteiger partial charge in [0.2, 0.25) is 0 Å². The summed E-state index contributed by atoms with van der Waals surface area (Å²) in [5.41, 5.74) is 1.58. The lowest BCUT2D eigenvalue weighted by Gasteiger charge is -2.34. The van der Waals surface area contributed by atoms with Crippen LogP contribution in [0.1, 0.15) is 10.4 Å². The number of nitrogens with zero attached hydrogens (tertiary/aromatic N) is 3. The Hall–Kier alpha value is -2.92. The molecular formula is C22H23N3O2. The van der Waals surface area contributed by atoms with Gasteiger partial charge in [-0.3, -0.25) is 14.7 Å². The van der Waals surface area contributed by atoms with E-state index >= 15 is 0 Å². The van der Waals surface area contributed by atoms with E-state index in [2.05, 4.69) is 9.88 Å². The maximum atomic E-state index is 12.8. The number of carbonyl (C=O) groups is 1. The fourth-order valence-corrected chi connectivity index (χ4v) is 3.35. The summed E-state index contributed by atoms with van der Waals surface area (Å²) in [5, 5.41) is 1.00. The number of benzene rings is 2. The Morgan fingerprint density at radius 1 is 0.963 bits per heavy atom. The lowest BCUT2D eigenvalue weighted by molar-refractivity contribution is 0.0620. The molecule has 0 N–H and O–H groups in total. The molecule has 1 aromatic heterocycles. The van der Waals surface area contributed by atoms with Crippen molar-refractivity contribution in [3.63, 3.8) is 0 Å². The zero-order valence-electron chi connectivity index (χ0n) is 15.3. The number of carbonyl (C=O) groups excluding carboxylic acids is 1. The van der Waals surface area contributed by atoms with Gasteiger partial charge in [0, 0.05) is 44.3 Å². The highest BCUT2D eigenvalue weighted by Crippen LogP contribution is 2.15. The minimum Gasteiger partial charge on any atom is -0.492 e. The molecule has 0 spiro atoms. The molecule has 1 fully saturated rings. The number of hydrogen-bond acceptors (Lipinski definition) is 4. The molecule has 0 aliphatic carbocycles. The lowest BCUT2D eigenvalue weighted by Crippen LogP contribution is -2.49. The third kappa shape index (κ3) is 4.26. The van der Waals surface area contributed by atoms with Crippen molar-refractivity contribution < 1.29 is 9.53 Å². The molecule has 2 aromatic carbocycles. The fourth-order valence-electron chi connectivity index (χ4n) is 3.35. The predicted octanol–water partition coefficient (Wildman–Crippen LogP) is 3.07. The van der Waals surface area contributed by atoms with Crippen molar-refractivity contribution >= 4 is 16.8 Å². The van der Waals surface area contributed by atoms with E-state index in [4.69, 9.17) is 4.74 Å². The Morgan fingerprint density at radius 2 is 1.70 bits per heavy atom. The van der Waals surface area contributed by atoms with Gasteiger partial charge in [0.1, 0.15) is 12.4 Å². The molecular weight excluding hydrogens is 338 g/mol. The van der Waals surface area contributed by atoms with Gasteiger partial charge >= 0.3 is 0 Å². The van der Waals surface area contributed by atoms with E-state index in [-0.39, 0.29) is 5.91 Å². The zero-order valence-corrected chi connectivity index (χ0v) is 15.3. The van der Waals surface area contributed by atoms with Gasteiger partial charge in [-0.25, -0.2) is 0 Å². The van der Waals surface area contributed by atoms with Gasteiger partial charge in [-0.1, -0.05) is 36.4 Å². The van der Waals surface area contributed by atoms with Crippen LogP contribution in [-0.4, -0.2) is 60.0 Å². The molecule has 2 heterocycles. The molecule has 0 radical (unpaired) electrons. The third-order valence-corrected chi connectivity index (χ3v) is 4.92. The molecule has 0 unspecified atom stereocenters. The van der Waals surface area contributed by atoms with Crippen LogP contribution in [0, 0.1) is 0 Å². The predicted molar refractivity (Wildman–Crippen MR) is 106 cm³/mol. The second-order valence-corrected chi connectivity index (χ2v) is 6.71. The number of hydrogen-bond donors (Lipinski definition) is 0. The average Bonchev–Trinajstić information content (AvgIpc) is 2.74. The molecule has 5 nitrogen and oxygen atoms in total. The number of pyridine rings is 1. The number of para-hydroxylation sites is 2. The second-order valence-electron chi connectivity index (χ2n) is 6.71. The van der Waals surface area contributed by atoms with Crippen LogP contribution in [-0.2, 0) is 0 Å². The maximum Gasteiger partial charge on any atom is 0.255 e. The number of fused-ring (bicyclic) bond motifs is 1. The van der Waals surface area contributed by atoms with Crippen LogP contribution >= 0.6 is 0 Å². The van der Waals surface area contributed by atoms with E-state index in [9.17, 15) is 4.79 Å². The summed E-state index contributed by atoms with van der Waals surface area (Å²) in [6.07, 6.45) is 1.69.